The van der Waals surface area contributed by atoms with Crippen molar-refractivity contribution >= 4 is 15.9 Å². The normalized spacial score (nSPS) is 13.9. The molecule has 1 fully saturated rings. The topological polar surface area (TPSA) is 75.3 Å². The number of amides is 1. The van der Waals surface area contributed by atoms with Crippen LogP contribution in [0.3, 0.4) is 0 Å². The van der Waals surface area contributed by atoms with Gasteiger partial charge in [-0.2, -0.15) is 0 Å². The van der Waals surface area contributed by atoms with E-state index in [-0.39, 0.29) is 22.8 Å². The molecule has 4 rings (SSSR count). The van der Waals surface area contributed by atoms with Gasteiger partial charge in [-0.05, 0) is 42.2 Å². The third-order valence-corrected chi connectivity index (χ3v) is 6.69. The Labute approximate surface area is 177 Å². The Bertz CT molecular complexity index is 1070. The summed E-state index contributed by atoms with van der Waals surface area (Å²) in [5, 5.41) is 2.97. The highest BCUT2D eigenvalue weighted by Gasteiger charge is 2.28. The minimum Gasteiger partial charge on any atom is -0.351 e. The fourth-order valence-electron chi connectivity index (χ4n) is 3.39. The average molecular weight is 421 g/mol. The zero-order valence-corrected chi connectivity index (χ0v) is 17.3. The molecule has 1 amide bonds. The van der Waals surface area contributed by atoms with Gasteiger partial charge in [0.2, 0.25) is 10.0 Å². The number of benzene rings is 3. The number of carbonyl (C=O) groups is 1. The van der Waals surface area contributed by atoms with Gasteiger partial charge in [-0.3, -0.25) is 4.79 Å². The summed E-state index contributed by atoms with van der Waals surface area (Å²) in [6.45, 7) is 0.407. The monoisotopic (exact) mass is 420 g/mol. The molecule has 5 nitrogen and oxygen atoms in total. The van der Waals surface area contributed by atoms with Crippen LogP contribution in [0.1, 0.15) is 40.2 Å². The van der Waals surface area contributed by atoms with Crippen LogP contribution in [0.15, 0.2) is 89.8 Å². The first kappa shape index (κ1) is 20.3. The van der Waals surface area contributed by atoms with E-state index in [2.05, 4.69) is 10.0 Å². The molecule has 1 saturated carbocycles. The molecule has 0 unspecified atom stereocenters. The molecular weight excluding hydrogens is 396 g/mol. The van der Waals surface area contributed by atoms with Gasteiger partial charge in [0, 0.05) is 24.1 Å². The van der Waals surface area contributed by atoms with Crippen LogP contribution in [0.5, 0.6) is 0 Å². The largest absolute Gasteiger partial charge is 0.351 e. The molecule has 0 aliphatic heterocycles. The van der Waals surface area contributed by atoms with Crippen molar-refractivity contribution in [1.82, 2.24) is 10.0 Å². The van der Waals surface area contributed by atoms with Crippen molar-refractivity contribution in [3.05, 3.63) is 102 Å². The minimum absolute atomic E-state index is 0.000187. The summed E-state index contributed by atoms with van der Waals surface area (Å²) >= 11 is 0. The zero-order chi connectivity index (χ0) is 21.0. The molecule has 1 aliphatic carbocycles. The van der Waals surface area contributed by atoms with Crippen molar-refractivity contribution in [2.24, 2.45) is 0 Å². The quantitative estimate of drug-likeness (QED) is 0.584. The van der Waals surface area contributed by atoms with Crippen molar-refractivity contribution in [3.63, 3.8) is 0 Å². The first-order valence-corrected chi connectivity index (χ1v) is 11.5. The first-order valence-electron chi connectivity index (χ1n) is 10.0. The maximum Gasteiger partial charge on any atom is 0.251 e. The van der Waals surface area contributed by atoms with E-state index in [1.807, 2.05) is 60.7 Å². The Morgan fingerprint density at radius 2 is 1.47 bits per heavy atom. The lowest BCUT2D eigenvalue weighted by atomic mass is 9.91. The van der Waals surface area contributed by atoms with Crippen molar-refractivity contribution in [2.75, 3.05) is 6.54 Å². The van der Waals surface area contributed by atoms with E-state index in [1.165, 1.54) is 12.1 Å². The van der Waals surface area contributed by atoms with Crippen molar-refractivity contribution < 1.29 is 13.2 Å². The molecule has 0 aromatic heterocycles. The SMILES string of the molecule is O=C(NCC(c1ccccc1)c1ccccc1)c1cccc(S(=O)(=O)NC2CC2)c1. The van der Waals surface area contributed by atoms with Gasteiger partial charge in [-0.1, -0.05) is 66.7 Å². The maximum atomic E-state index is 12.8. The molecule has 0 radical (unpaired) electrons. The highest BCUT2D eigenvalue weighted by atomic mass is 32.2. The van der Waals surface area contributed by atoms with E-state index in [0.717, 1.165) is 24.0 Å². The summed E-state index contributed by atoms with van der Waals surface area (Å²) in [6, 6.07) is 26.2. The van der Waals surface area contributed by atoms with Gasteiger partial charge in [0.15, 0.2) is 0 Å². The highest BCUT2D eigenvalue weighted by Crippen LogP contribution is 2.24. The van der Waals surface area contributed by atoms with E-state index < -0.39 is 10.0 Å². The summed E-state index contributed by atoms with van der Waals surface area (Å²) in [4.78, 5) is 12.9. The van der Waals surface area contributed by atoms with Crippen molar-refractivity contribution in [2.45, 2.75) is 29.7 Å². The second-order valence-corrected chi connectivity index (χ2v) is 9.22. The number of rotatable bonds is 8. The standard InChI is InChI=1S/C24H24N2O3S/c27-24(20-12-7-13-22(16-20)30(28,29)26-21-14-15-21)25-17-23(18-8-3-1-4-9-18)19-10-5-2-6-11-19/h1-13,16,21,23,26H,14-15,17H2,(H,25,27). The highest BCUT2D eigenvalue weighted by molar-refractivity contribution is 7.89. The molecule has 0 bridgehead atoms. The lowest BCUT2D eigenvalue weighted by Crippen LogP contribution is -2.29. The Balaban J connectivity index is 1.51. The Kier molecular flexibility index (Phi) is 5.97. The molecular formula is C24H24N2O3S. The van der Waals surface area contributed by atoms with Crippen LogP contribution in [0.4, 0.5) is 0 Å². The van der Waals surface area contributed by atoms with Gasteiger partial charge in [0.05, 0.1) is 4.90 Å². The Hall–Kier alpha value is -2.96. The van der Waals surface area contributed by atoms with Gasteiger partial charge in [0.1, 0.15) is 0 Å². The molecule has 0 atom stereocenters. The summed E-state index contributed by atoms with van der Waals surface area (Å²) in [7, 11) is -3.60. The summed E-state index contributed by atoms with van der Waals surface area (Å²) < 4.78 is 27.5. The molecule has 3 aromatic carbocycles. The van der Waals surface area contributed by atoms with Crippen LogP contribution in [-0.2, 0) is 10.0 Å². The third-order valence-electron chi connectivity index (χ3n) is 5.18. The molecule has 2 N–H and O–H groups in total. The zero-order valence-electron chi connectivity index (χ0n) is 16.5. The fourth-order valence-corrected chi connectivity index (χ4v) is 4.74. The number of sulfonamides is 1. The number of hydrogen-bond donors (Lipinski definition) is 2. The summed E-state index contributed by atoms with van der Waals surface area (Å²) in [6.07, 6.45) is 1.72. The number of nitrogens with one attached hydrogen (secondary N) is 2. The van der Waals surface area contributed by atoms with Gasteiger partial charge in [-0.25, -0.2) is 13.1 Å². The second-order valence-electron chi connectivity index (χ2n) is 7.51. The first-order chi connectivity index (χ1) is 14.5. The van der Waals surface area contributed by atoms with E-state index >= 15 is 0 Å². The third kappa shape index (κ3) is 4.96. The van der Waals surface area contributed by atoms with Crippen molar-refractivity contribution in [3.8, 4) is 0 Å². The molecule has 0 saturated heterocycles. The molecule has 0 heterocycles. The smallest absolute Gasteiger partial charge is 0.251 e. The fraction of sp³-hybridized carbons (Fsp3) is 0.208. The van der Waals surface area contributed by atoms with Gasteiger partial charge in [-0.15, -0.1) is 0 Å². The van der Waals surface area contributed by atoms with Crippen LogP contribution in [-0.4, -0.2) is 26.9 Å². The van der Waals surface area contributed by atoms with Crippen LogP contribution >= 0.6 is 0 Å². The van der Waals surface area contributed by atoms with Gasteiger partial charge < -0.3 is 5.32 Å². The number of hydrogen-bond acceptors (Lipinski definition) is 3. The molecule has 6 heteroatoms. The summed E-state index contributed by atoms with van der Waals surface area (Å²) in [5.41, 5.74) is 2.54. The predicted octanol–water partition coefficient (Wildman–Crippen LogP) is 3.69. The van der Waals surface area contributed by atoms with Crippen LogP contribution in [0.25, 0.3) is 0 Å². The predicted molar refractivity (Wildman–Crippen MR) is 117 cm³/mol. The van der Waals surface area contributed by atoms with Gasteiger partial charge in [0.25, 0.3) is 5.91 Å². The molecule has 1 aliphatic rings. The lowest BCUT2D eigenvalue weighted by Gasteiger charge is -2.19. The van der Waals surface area contributed by atoms with E-state index in [9.17, 15) is 13.2 Å². The van der Waals surface area contributed by atoms with Crippen molar-refractivity contribution in [1.29, 1.82) is 0 Å². The van der Waals surface area contributed by atoms with Crippen LogP contribution in [0.2, 0.25) is 0 Å². The van der Waals surface area contributed by atoms with Gasteiger partial charge >= 0.3 is 0 Å². The van der Waals surface area contributed by atoms with E-state index in [4.69, 9.17) is 0 Å². The molecule has 30 heavy (non-hydrogen) atoms. The minimum atomic E-state index is -3.60. The Morgan fingerprint density at radius 1 is 0.867 bits per heavy atom. The maximum absolute atomic E-state index is 12.8. The lowest BCUT2D eigenvalue weighted by molar-refractivity contribution is 0.0952. The van der Waals surface area contributed by atoms with Crippen LogP contribution < -0.4 is 10.0 Å². The molecule has 154 valence electrons. The molecule has 3 aromatic rings. The Morgan fingerprint density at radius 3 is 2.03 bits per heavy atom. The molecule has 0 spiro atoms. The van der Waals surface area contributed by atoms with E-state index in [0.29, 0.717) is 12.1 Å². The van der Waals surface area contributed by atoms with Crippen LogP contribution in [0, 0.1) is 0 Å². The van der Waals surface area contributed by atoms with E-state index in [1.54, 1.807) is 12.1 Å². The summed E-state index contributed by atoms with van der Waals surface area (Å²) in [5.74, 6) is -0.296. The second kappa shape index (κ2) is 8.81. The average Bonchev–Trinajstić information content (AvgIpc) is 3.59. The number of carbonyl (C=O) groups excluding carboxylic acids is 1.